The van der Waals surface area contributed by atoms with Gasteiger partial charge in [-0.3, -0.25) is 4.68 Å². The number of benzene rings is 1. The first-order valence-corrected chi connectivity index (χ1v) is 7.30. The van der Waals surface area contributed by atoms with Gasteiger partial charge in [-0.2, -0.15) is 5.10 Å². The Balaban J connectivity index is 1.82. The highest BCUT2D eigenvalue weighted by Crippen LogP contribution is 2.23. The standard InChI is InChI=1S/C16H22N4/c1-13(2)20-12-14(9-18-20)11-19-8-7-17-10-15-5-3-4-6-16(15)19/h3-6,9,12-13,17H,7-8,10-11H2,1-2H3. The zero-order chi connectivity index (χ0) is 13.9. The molecule has 0 unspecified atom stereocenters. The van der Waals surface area contributed by atoms with E-state index in [0.29, 0.717) is 6.04 Å². The molecule has 2 heterocycles. The molecular weight excluding hydrogens is 248 g/mol. The van der Waals surface area contributed by atoms with Crippen molar-refractivity contribution in [2.75, 3.05) is 18.0 Å². The molecule has 106 valence electrons. The molecule has 1 aliphatic heterocycles. The predicted octanol–water partition coefficient (Wildman–Crippen LogP) is 2.57. The summed E-state index contributed by atoms with van der Waals surface area (Å²) in [4.78, 5) is 2.44. The van der Waals surface area contributed by atoms with E-state index in [9.17, 15) is 0 Å². The highest BCUT2D eigenvalue weighted by atomic mass is 15.3. The van der Waals surface area contributed by atoms with Gasteiger partial charge in [0.05, 0.1) is 6.20 Å². The van der Waals surface area contributed by atoms with Crippen LogP contribution in [0.2, 0.25) is 0 Å². The van der Waals surface area contributed by atoms with Crippen LogP contribution in [0.15, 0.2) is 36.7 Å². The van der Waals surface area contributed by atoms with Gasteiger partial charge in [-0.15, -0.1) is 0 Å². The predicted molar refractivity (Wildman–Crippen MR) is 81.8 cm³/mol. The highest BCUT2D eigenvalue weighted by Gasteiger charge is 2.15. The van der Waals surface area contributed by atoms with Crippen molar-refractivity contribution in [1.82, 2.24) is 15.1 Å². The van der Waals surface area contributed by atoms with Crippen molar-refractivity contribution in [3.63, 3.8) is 0 Å². The summed E-state index contributed by atoms with van der Waals surface area (Å²) in [7, 11) is 0. The fourth-order valence-corrected chi connectivity index (χ4v) is 2.65. The number of hydrogen-bond donors (Lipinski definition) is 1. The van der Waals surface area contributed by atoms with Crippen LogP contribution in [0.3, 0.4) is 0 Å². The molecule has 4 heteroatoms. The molecule has 20 heavy (non-hydrogen) atoms. The minimum Gasteiger partial charge on any atom is -0.366 e. The summed E-state index contributed by atoms with van der Waals surface area (Å²) in [5.41, 5.74) is 3.99. The monoisotopic (exact) mass is 270 g/mol. The Morgan fingerprint density at radius 2 is 2.15 bits per heavy atom. The van der Waals surface area contributed by atoms with Crippen molar-refractivity contribution in [1.29, 1.82) is 0 Å². The molecule has 1 aromatic carbocycles. The van der Waals surface area contributed by atoms with Crippen LogP contribution in [-0.4, -0.2) is 22.9 Å². The second-order valence-corrected chi connectivity index (χ2v) is 5.65. The first kappa shape index (κ1) is 13.2. The van der Waals surface area contributed by atoms with Crippen LogP contribution < -0.4 is 10.2 Å². The first-order chi connectivity index (χ1) is 9.74. The Kier molecular flexibility index (Phi) is 3.74. The number of para-hydroxylation sites is 1. The van der Waals surface area contributed by atoms with E-state index in [2.05, 4.69) is 59.6 Å². The van der Waals surface area contributed by atoms with E-state index in [1.807, 2.05) is 10.9 Å². The van der Waals surface area contributed by atoms with Crippen molar-refractivity contribution < 1.29 is 0 Å². The number of fused-ring (bicyclic) bond motifs is 1. The largest absolute Gasteiger partial charge is 0.366 e. The lowest BCUT2D eigenvalue weighted by atomic mass is 10.1. The van der Waals surface area contributed by atoms with Crippen molar-refractivity contribution in [3.8, 4) is 0 Å². The van der Waals surface area contributed by atoms with E-state index in [4.69, 9.17) is 0 Å². The molecule has 1 aromatic heterocycles. The number of aromatic nitrogens is 2. The summed E-state index contributed by atoms with van der Waals surface area (Å²) in [6.45, 7) is 8.24. The van der Waals surface area contributed by atoms with E-state index in [1.54, 1.807) is 0 Å². The van der Waals surface area contributed by atoms with Gasteiger partial charge in [0.1, 0.15) is 0 Å². The number of nitrogens with zero attached hydrogens (tertiary/aromatic N) is 3. The summed E-state index contributed by atoms with van der Waals surface area (Å²) in [5.74, 6) is 0. The van der Waals surface area contributed by atoms with Crippen LogP contribution in [0.5, 0.6) is 0 Å². The van der Waals surface area contributed by atoms with Gasteiger partial charge in [-0.1, -0.05) is 18.2 Å². The van der Waals surface area contributed by atoms with Crippen LogP contribution in [0, 0.1) is 0 Å². The topological polar surface area (TPSA) is 33.1 Å². The molecule has 0 amide bonds. The van der Waals surface area contributed by atoms with Gasteiger partial charge in [-0.25, -0.2) is 0 Å². The summed E-state index contributed by atoms with van der Waals surface area (Å²) >= 11 is 0. The smallest absolute Gasteiger partial charge is 0.0539 e. The zero-order valence-corrected chi connectivity index (χ0v) is 12.2. The van der Waals surface area contributed by atoms with E-state index in [0.717, 1.165) is 26.2 Å². The lowest BCUT2D eigenvalue weighted by Gasteiger charge is -2.23. The molecule has 0 spiro atoms. The Morgan fingerprint density at radius 1 is 1.30 bits per heavy atom. The van der Waals surface area contributed by atoms with Crippen molar-refractivity contribution in [2.24, 2.45) is 0 Å². The van der Waals surface area contributed by atoms with E-state index in [1.165, 1.54) is 16.8 Å². The average molecular weight is 270 g/mol. The molecule has 0 radical (unpaired) electrons. The molecule has 0 saturated heterocycles. The zero-order valence-electron chi connectivity index (χ0n) is 12.2. The average Bonchev–Trinajstić information content (AvgIpc) is 2.82. The van der Waals surface area contributed by atoms with Gasteiger partial charge in [0.2, 0.25) is 0 Å². The third kappa shape index (κ3) is 2.70. The number of anilines is 1. The second kappa shape index (κ2) is 5.67. The molecule has 2 aromatic rings. The summed E-state index contributed by atoms with van der Waals surface area (Å²) in [5, 5.41) is 7.92. The van der Waals surface area contributed by atoms with Gasteiger partial charge < -0.3 is 10.2 Å². The van der Waals surface area contributed by atoms with Gasteiger partial charge in [0, 0.05) is 49.7 Å². The fourth-order valence-electron chi connectivity index (χ4n) is 2.65. The molecule has 1 N–H and O–H groups in total. The van der Waals surface area contributed by atoms with Crippen LogP contribution in [0.1, 0.15) is 31.0 Å². The molecule has 4 nitrogen and oxygen atoms in total. The lowest BCUT2D eigenvalue weighted by molar-refractivity contribution is 0.532. The van der Waals surface area contributed by atoms with Crippen molar-refractivity contribution in [3.05, 3.63) is 47.8 Å². The Labute approximate surface area is 120 Å². The van der Waals surface area contributed by atoms with Crippen molar-refractivity contribution >= 4 is 5.69 Å². The van der Waals surface area contributed by atoms with E-state index in [-0.39, 0.29) is 0 Å². The van der Waals surface area contributed by atoms with Gasteiger partial charge in [0.25, 0.3) is 0 Å². The minimum absolute atomic E-state index is 0.418. The Bertz CT molecular complexity index is 573. The quantitative estimate of drug-likeness (QED) is 0.930. The summed E-state index contributed by atoms with van der Waals surface area (Å²) < 4.78 is 2.03. The van der Waals surface area contributed by atoms with Crippen LogP contribution in [-0.2, 0) is 13.1 Å². The lowest BCUT2D eigenvalue weighted by Crippen LogP contribution is -2.28. The molecular formula is C16H22N4. The van der Waals surface area contributed by atoms with E-state index < -0.39 is 0 Å². The third-order valence-corrected chi connectivity index (χ3v) is 3.76. The maximum Gasteiger partial charge on any atom is 0.0539 e. The third-order valence-electron chi connectivity index (χ3n) is 3.76. The molecule has 0 atom stereocenters. The molecule has 0 aliphatic carbocycles. The Morgan fingerprint density at radius 3 is 2.95 bits per heavy atom. The number of hydrogen-bond acceptors (Lipinski definition) is 3. The van der Waals surface area contributed by atoms with Gasteiger partial charge in [0.15, 0.2) is 0 Å². The van der Waals surface area contributed by atoms with Crippen molar-refractivity contribution in [2.45, 2.75) is 33.0 Å². The molecule has 0 saturated carbocycles. The fraction of sp³-hybridized carbons (Fsp3) is 0.438. The molecule has 0 fully saturated rings. The Hall–Kier alpha value is -1.81. The SMILES string of the molecule is CC(C)n1cc(CN2CCNCc3ccccc32)cn1. The maximum absolute atomic E-state index is 4.43. The highest BCUT2D eigenvalue weighted by molar-refractivity contribution is 5.54. The normalized spacial score (nSPS) is 15.2. The minimum atomic E-state index is 0.418. The maximum atomic E-state index is 4.43. The molecule has 1 aliphatic rings. The second-order valence-electron chi connectivity index (χ2n) is 5.65. The summed E-state index contributed by atoms with van der Waals surface area (Å²) in [6.07, 6.45) is 4.15. The van der Waals surface area contributed by atoms with Crippen LogP contribution in [0.4, 0.5) is 5.69 Å². The van der Waals surface area contributed by atoms with E-state index >= 15 is 0 Å². The van der Waals surface area contributed by atoms with Gasteiger partial charge in [-0.05, 0) is 25.5 Å². The molecule has 3 rings (SSSR count). The first-order valence-electron chi connectivity index (χ1n) is 7.30. The van der Waals surface area contributed by atoms with Gasteiger partial charge >= 0.3 is 0 Å². The molecule has 0 bridgehead atoms. The number of rotatable bonds is 3. The van der Waals surface area contributed by atoms with Crippen LogP contribution in [0.25, 0.3) is 0 Å². The summed E-state index contributed by atoms with van der Waals surface area (Å²) in [6, 6.07) is 9.07. The number of nitrogens with one attached hydrogen (secondary N) is 1. The van der Waals surface area contributed by atoms with Crippen LogP contribution >= 0.6 is 0 Å².